The predicted octanol–water partition coefficient (Wildman–Crippen LogP) is -0.798. The molecule has 0 aliphatic rings. The van der Waals surface area contributed by atoms with Crippen molar-refractivity contribution >= 4 is 9.05 Å². The second-order valence-electron chi connectivity index (χ2n) is 2.03. The van der Waals surface area contributed by atoms with Gasteiger partial charge in [-0.2, -0.15) is 0 Å². The highest BCUT2D eigenvalue weighted by Gasteiger charge is 2.39. The van der Waals surface area contributed by atoms with E-state index in [0.29, 0.717) is 0 Å². The van der Waals surface area contributed by atoms with Crippen LogP contribution in [0.5, 0.6) is 0 Å². The number of ether oxygens (including phenoxy) is 2. The second-order valence-corrected chi connectivity index (χ2v) is 3.65. The molecule has 0 aromatic carbocycles. The molecule has 0 aromatic rings. The van der Waals surface area contributed by atoms with Crippen molar-refractivity contribution in [2.75, 3.05) is 20.8 Å². The Morgan fingerprint density at radius 2 is 1.92 bits per heavy atom. The van der Waals surface area contributed by atoms with Crippen LogP contribution in [0.4, 0.5) is 0 Å². The van der Waals surface area contributed by atoms with Crippen molar-refractivity contribution in [3.05, 3.63) is 12.7 Å². The molecule has 6 nitrogen and oxygen atoms in total. The van der Waals surface area contributed by atoms with Crippen LogP contribution in [-0.4, -0.2) is 45.9 Å². The summed E-state index contributed by atoms with van der Waals surface area (Å²) in [6, 6.07) is 0. The van der Waals surface area contributed by atoms with Gasteiger partial charge in [0.25, 0.3) is 6.48 Å². The van der Waals surface area contributed by atoms with Crippen molar-refractivity contribution in [2.45, 2.75) is 6.48 Å². The Labute approximate surface area is 77.8 Å². The highest BCUT2D eigenvalue weighted by molar-refractivity contribution is 6.50. The molecular formula is C6H14O6Si. The molecule has 0 spiro atoms. The molecule has 0 unspecified atom stereocenters. The Hall–Kier alpha value is -0.283. The highest BCUT2D eigenvalue weighted by Crippen LogP contribution is 2.04. The molecule has 0 saturated heterocycles. The molecule has 0 rings (SSSR count). The molecule has 0 saturated carbocycles. The molecule has 7 heteroatoms. The van der Waals surface area contributed by atoms with E-state index < -0.39 is 15.5 Å². The van der Waals surface area contributed by atoms with Gasteiger partial charge in [-0.25, -0.2) is 0 Å². The molecule has 0 radical (unpaired) electrons. The largest absolute Gasteiger partial charge is 0.678 e. The van der Waals surface area contributed by atoms with Gasteiger partial charge >= 0.3 is 9.05 Å². The number of hydrogen-bond acceptors (Lipinski definition) is 6. The van der Waals surface area contributed by atoms with Gasteiger partial charge in [-0.3, -0.25) is 0 Å². The van der Waals surface area contributed by atoms with Crippen molar-refractivity contribution in [1.29, 1.82) is 0 Å². The van der Waals surface area contributed by atoms with Crippen LogP contribution < -0.4 is 0 Å². The summed E-state index contributed by atoms with van der Waals surface area (Å²) in [6.07, 6.45) is 1.37. The zero-order valence-corrected chi connectivity index (χ0v) is 8.60. The summed E-state index contributed by atoms with van der Waals surface area (Å²) in [6.45, 7) is 2.18. The summed E-state index contributed by atoms with van der Waals surface area (Å²) in [4.78, 5) is 18.2. The maximum absolute atomic E-state index is 9.12. The zero-order valence-electron chi connectivity index (χ0n) is 7.60. The molecule has 0 aliphatic heterocycles. The molecule has 13 heavy (non-hydrogen) atoms. The lowest BCUT2D eigenvalue weighted by molar-refractivity contribution is -0.249. The monoisotopic (exact) mass is 210 g/mol. The number of methoxy groups -OCH3 is 2. The smallest absolute Gasteiger partial charge is 0.367 e. The molecule has 78 valence electrons. The number of hydrogen-bond donors (Lipinski definition) is 2. The minimum Gasteiger partial charge on any atom is -0.367 e. The maximum Gasteiger partial charge on any atom is 0.678 e. The van der Waals surface area contributed by atoms with E-state index in [0.717, 1.165) is 0 Å². The Balaban J connectivity index is 3.90. The van der Waals surface area contributed by atoms with E-state index in [2.05, 4.69) is 24.9 Å². The third kappa shape index (κ3) is 5.88. The van der Waals surface area contributed by atoms with Gasteiger partial charge in [0, 0.05) is 14.2 Å². The molecule has 0 atom stereocenters. The first kappa shape index (κ1) is 12.7. The van der Waals surface area contributed by atoms with E-state index in [-0.39, 0.29) is 6.61 Å². The Kier molecular flexibility index (Phi) is 6.08. The maximum atomic E-state index is 9.12. The first-order chi connectivity index (χ1) is 6.05. The fourth-order valence-electron chi connectivity index (χ4n) is 0.519. The van der Waals surface area contributed by atoms with Gasteiger partial charge in [0.15, 0.2) is 0 Å². The second kappa shape index (κ2) is 6.21. The van der Waals surface area contributed by atoms with Gasteiger partial charge in [0.1, 0.15) is 0 Å². The molecule has 0 aromatic heterocycles. The third-order valence-electron chi connectivity index (χ3n) is 1.02. The van der Waals surface area contributed by atoms with E-state index in [1.54, 1.807) is 0 Å². The van der Waals surface area contributed by atoms with E-state index in [4.69, 9.17) is 9.59 Å². The first-order valence-electron chi connectivity index (χ1n) is 3.48. The average Bonchev–Trinajstić information content (AvgIpc) is 2.11. The van der Waals surface area contributed by atoms with E-state index >= 15 is 0 Å². The summed E-state index contributed by atoms with van der Waals surface area (Å²) in [5, 5.41) is 0. The topological polar surface area (TPSA) is 77.4 Å². The lowest BCUT2D eigenvalue weighted by Crippen LogP contribution is -2.46. The van der Waals surface area contributed by atoms with Crippen molar-refractivity contribution < 1.29 is 27.9 Å². The standard InChI is InChI=1S/C6H14O6Si/c1-4-5-11-13(7,8)12-6(9-2)10-3/h4,6-8H,1,5H2,2-3H3. The van der Waals surface area contributed by atoms with Gasteiger partial charge in [-0.15, -0.1) is 6.58 Å². The van der Waals surface area contributed by atoms with Crippen LogP contribution in [0.2, 0.25) is 0 Å². The van der Waals surface area contributed by atoms with Crippen LogP contribution in [0.25, 0.3) is 0 Å². The first-order valence-corrected chi connectivity index (χ1v) is 5.20. The summed E-state index contributed by atoms with van der Waals surface area (Å²) in [7, 11) is -1.56. The summed E-state index contributed by atoms with van der Waals surface area (Å²) in [5.74, 6) is 0. The normalized spacial score (nSPS) is 12.1. The average molecular weight is 210 g/mol. The molecule has 0 bridgehead atoms. The summed E-state index contributed by atoms with van der Waals surface area (Å²) >= 11 is 0. The molecular weight excluding hydrogens is 196 g/mol. The highest BCUT2D eigenvalue weighted by atomic mass is 28.4. The SMILES string of the molecule is C=CCO[Si](O)(O)OC(OC)OC. The number of rotatable bonds is 7. The van der Waals surface area contributed by atoms with Crippen molar-refractivity contribution in [3.63, 3.8) is 0 Å². The summed E-state index contributed by atoms with van der Waals surface area (Å²) in [5.41, 5.74) is 0. The molecule has 0 fully saturated rings. The van der Waals surface area contributed by atoms with Gasteiger partial charge in [-0.05, 0) is 0 Å². The molecule has 0 amide bonds. The van der Waals surface area contributed by atoms with Crippen molar-refractivity contribution in [2.24, 2.45) is 0 Å². The van der Waals surface area contributed by atoms with Crippen LogP contribution in [0.1, 0.15) is 0 Å². The van der Waals surface area contributed by atoms with E-state index in [1.165, 1.54) is 20.3 Å². The molecule has 2 N–H and O–H groups in total. The minimum absolute atomic E-state index is 0.0145. The Morgan fingerprint density at radius 1 is 1.38 bits per heavy atom. The van der Waals surface area contributed by atoms with Crippen LogP contribution in [-0.2, 0) is 18.3 Å². The Morgan fingerprint density at radius 3 is 2.31 bits per heavy atom. The minimum atomic E-state index is -4.15. The van der Waals surface area contributed by atoms with Crippen LogP contribution in [0.3, 0.4) is 0 Å². The van der Waals surface area contributed by atoms with E-state index in [1.807, 2.05) is 0 Å². The van der Waals surface area contributed by atoms with Crippen LogP contribution >= 0.6 is 0 Å². The fraction of sp³-hybridized carbons (Fsp3) is 0.667. The van der Waals surface area contributed by atoms with Crippen molar-refractivity contribution in [1.82, 2.24) is 0 Å². The van der Waals surface area contributed by atoms with Crippen LogP contribution in [0.15, 0.2) is 12.7 Å². The lowest BCUT2D eigenvalue weighted by Gasteiger charge is -2.21. The van der Waals surface area contributed by atoms with Gasteiger partial charge in [0.2, 0.25) is 0 Å². The van der Waals surface area contributed by atoms with E-state index in [9.17, 15) is 0 Å². The van der Waals surface area contributed by atoms with Gasteiger partial charge in [0.05, 0.1) is 6.61 Å². The predicted molar refractivity (Wildman–Crippen MR) is 45.2 cm³/mol. The fourth-order valence-corrected chi connectivity index (χ4v) is 1.37. The summed E-state index contributed by atoms with van der Waals surface area (Å²) < 4.78 is 18.3. The van der Waals surface area contributed by atoms with Gasteiger partial charge in [-0.1, -0.05) is 6.08 Å². The third-order valence-corrected chi connectivity index (χ3v) is 2.07. The Bertz CT molecular complexity index is 146. The lowest BCUT2D eigenvalue weighted by atomic mass is 10.7. The van der Waals surface area contributed by atoms with Crippen LogP contribution in [0, 0.1) is 0 Å². The molecule has 0 heterocycles. The zero-order chi connectivity index (χ0) is 10.3. The van der Waals surface area contributed by atoms with Gasteiger partial charge < -0.3 is 27.9 Å². The molecule has 0 aliphatic carbocycles. The van der Waals surface area contributed by atoms with Crippen molar-refractivity contribution in [3.8, 4) is 0 Å². The quantitative estimate of drug-likeness (QED) is 0.325.